The van der Waals surface area contributed by atoms with Crippen molar-refractivity contribution >= 4 is 23.0 Å². The number of aryl methyl sites for hydroxylation is 2. The van der Waals surface area contributed by atoms with Crippen molar-refractivity contribution in [1.82, 2.24) is 14.9 Å². The molecule has 3 aromatic rings. The van der Waals surface area contributed by atoms with Crippen LogP contribution in [0.4, 0.5) is 0 Å². The van der Waals surface area contributed by atoms with E-state index < -0.39 is 0 Å². The van der Waals surface area contributed by atoms with Crippen molar-refractivity contribution in [3.63, 3.8) is 0 Å². The standard InChI is InChI=1S/C25H28N4O2/c1-17-9-10-22-21(13-17)20-7-4-8-23-25(20)29(22)12-11-28(23)16-24(30)27-26-15-18-5-3-6-19(14-18)31-2/h3,5-6,9-10,13-15,23H,4,7-8,11-12,16H2,1-2H3,(H,27,30)/b26-15+/t23-/m0/s1. The minimum absolute atomic E-state index is 0.0772. The summed E-state index contributed by atoms with van der Waals surface area (Å²) in [6.45, 7) is 4.32. The molecule has 6 nitrogen and oxygen atoms in total. The highest BCUT2D eigenvalue weighted by Gasteiger charge is 2.35. The first-order valence-electron chi connectivity index (χ1n) is 11.0. The molecule has 5 rings (SSSR count). The van der Waals surface area contributed by atoms with Gasteiger partial charge in [0.2, 0.25) is 0 Å². The van der Waals surface area contributed by atoms with Gasteiger partial charge in [-0.3, -0.25) is 9.69 Å². The van der Waals surface area contributed by atoms with Gasteiger partial charge in [0.25, 0.3) is 5.91 Å². The zero-order valence-corrected chi connectivity index (χ0v) is 18.1. The first kappa shape index (κ1) is 19.8. The van der Waals surface area contributed by atoms with Gasteiger partial charge < -0.3 is 9.30 Å². The van der Waals surface area contributed by atoms with Gasteiger partial charge in [-0.15, -0.1) is 0 Å². The highest BCUT2D eigenvalue weighted by Crippen LogP contribution is 2.42. The van der Waals surface area contributed by atoms with Crippen LogP contribution < -0.4 is 10.2 Å². The Labute approximate surface area is 182 Å². The van der Waals surface area contributed by atoms with Gasteiger partial charge in [-0.05, 0) is 61.6 Å². The van der Waals surface area contributed by atoms with Crippen molar-refractivity contribution in [3.05, 3.63) is 64.8 Å². The van der Waals surface area contributed by atoms with Crippen LogP contribution >= 0.6 is 0 Å². The van der Waals surface area contributed by atoms with Crippen LogP contribution in [0.2, 0.25) is 0 Å². The predicted octanol–water partition coefficient (Wildman–Crippen LogP) is 3.80. The Morgan fingerprint density at radius 2 is 2.16 bits per heavy atom. The zero-order chi connectivity index (χ0) is 21.4. The molecule has 0 fully saturated rings. The summed E-state index contributed by atoms with van der Waals surface area (Å²) in [6, 6.07) is 14.7. The third-order valence-corrected chi connectivity index (χ3v) is 6.48. The number of amides is 1. The maximum absolute atomic E-state index is 12.6. The minimum atomic E-state index is -0.0772. The van der Waals surface area contributed by atoms with E-state index in [2.05, 4.69) is 45.1 Å². The van der Waals surface area contributed by atoms with Crippen LogP contribution in [-0.4, -0.2) is 41.8 Å². The molecule has 0 saturated carbocycles. The van der Waals surface area contributed by atoms with Gasteiger partial charge in [-0.25, -0.2) is 5.43 Å². The van der Waals surface area contributed by atoms with Crippen molar-refractivity contribution in [2.24, 2.45) is 5.10 Å². The Bertz CT molecular complexity index is 1160. The first-order valence-corrected chi connectivity index (χ1v) is 11.0. The number of benzene rings is 2. The molecule has 0 radical (unpaired) electrons. The predicted molar refractivity (Wildman–Crippen MR) is 123 cm³/mol. The number of methoxy groups -OCH3 is 1. The molecule has 1 atom stereocenters. The van der Waals surface area contributed by atoms with Gasteiger partial charge in [0.05, 0.1) is 25.9 Å². The lowest BCUT2D eigenvalue weighted by Crippen LogP contribution is -2.44. The Balaban J connectivity index is 1.31. The summed E-state index contributed by atoms with van der Waals surface area (Å²) in [7, 11) is 1.63. The van der Waals surface area contributed by atoms with Crippen molar-refractivity contribution < 1.29 is 9.53 Å². The van der Waals surface area contributed by atoms with Crippen molar-refractivity contribution in [3.8, 4) is 5.75 Å². The molecule has 2 aromatic carbocycles. The summed E-state index contributed by atoms with van der Waals surface area (Å²) in [5.41, 5.74) is 9.13. The van der Waals surface area contributed by atoms with E-state index in [4.69, 9.17) is 4.74 Å². The molecule has 0 bridgehead atoms. The second-order valence-corrected chi connectivity index (χ2v) is 8.48. The van der Waals surface area contributed by atoms with E-state index in [0.29, 0.717) is 12.6 Å². The van der Waals surface area contributed by atoms with Crippen LogP contribution in [0, 0.1) is 6.92 Å². The Kier molecular flexibility index (Phi) is 5.24. The number of hydrogen-bond donors (Lipinski definition) is 1. The topological polar surface area (TPSA) is 58.9 Å². The quantitative estimate of drug-likeness (QED) is 0.508. The summed E-state index contributed by atoms with van der Waals surface area (Å²) in [4.78, 5) is 14.9. The number of fused-ring (bicyclic) bond motifs is 3. The van der Waals surface area contributed by atoms with Crippen LogP contribution in [-0.2, 0) is 17.8 Å². The van der Waals surface area contributed by atoms with E-state index in [0.717, 1.165) is 43.7 Å². The number of carbonyl (C=O) groups excluding carboxylic acids is 1. The number of hydrogen-bond acceptors (Lipinski definition) is 4. The summed E-state index contributed by atoms with van der Waals surface area (Å²) in [5, 5.41) is 5.54. The maximum Gasteiger partial charge on any atom is 0.254 e. The molecular formula is C25H28N4O2. The Morgan fingerprint density at radius 1 is 1.26 bits per heavy atom. The lowest BCUT2D eigenvalue weighted by molar-refractivity contribution is -0.123. The van der Waals surface area contributed by atoms with E-state index in [1.807, 2.05) is 24.3 Å². The van der Waals surface area contributed by atoms with Gasteiger partial charge in [-0.1, -0.05) is 23.8 Å². The van der Waals surface area contributed by atoms with Crippen molar-refractivity contribution in [2.45, 2.75) is 38.8 Å². The summed E-state index contributed by atoms with van der Waals surface area (Å²) < 4.78 is 7.71. The zero-order valence-electron chi connectivity index (χ0n) is 18.1. The number of hydrazone groups is 1. The molecule has 2 aliphatic rings. The molecule has 1 aliphatic heterocycles. The molecule has 2 heterocycles. The fourth-order valence-corrected chi connectivity index (χ4v) is 5.10. The lowest BCUT2D eigenvalue weighted by atomic mass is 9.89. The monoisotopic (exact) mass is 416 g/mol. The maximum atomic E-state index is 12.6. The fraction of sp³-hybridized carbons (Fsp3) is 0.360. The second kappa shape index (κ2) is 8.19. The molecule has 1 N–H and O–H groups in total. The number of ether oxygens (including phenoxy) is 1. The largest absolute Gasteiger partial charge is 0.497 e. The molecule has 1 aromatic heterocycles. The van der Waals surface area contributed by atoms with Gasteiger partial charge in [0, 0.05) is 29.7 Å². The number of nitrogens with zero attached hydrogens (tertiary/aromatic N) is 3. The molecule has 1 amide bonds. The third-order valence-electron chi connectivity index (χ3n) is 6.48. The van der Waals surface area contributed by atoms with Gasteiger partial charge in [0.15, 0.2) is 0 Å². The third kappa shape index (κ3) is 3.72. The average molecular weight is 417 g/mol. The van der Waals surface area contributed by atoms with Crippen LogP contribution in [0.3, 0.4) is 0 Å². The molecular weight excluding hydrogens is 388 g/mol. The van der Waals surface area contributed by atoms with Gasteiger partial charge in [-0.2, -0.15) is 5.10 Å². The second-order valence-electron chi connectivity index (χ2n) is 8.48. The fourth-order valence-electron chi connectivity index (χ4n) is 5.10. The minimum Gasteiger partial charge on any atom is -0.497 e. The SMILES string of the molecule is COc1cccc(/C=N/NC(=O)CN2CCn3c4c(c5cc(C)ccc53)CCC[C@@H]42)c1. The molecule has 1 aliphatic carbocycles. The number of rotatable bonds is 5. The van der Waals surface area contributed by atoms with Crippen molar-refractivity contribution in [2.75, 3.05) is 20.2 Å². The Hall–Kier alpha value is -3.12. The highest BCUT2D eigenvalue weighted by molar-refractivity contribution is 5.87. The van der Waals surface area contributed by atoms with Crippen molar-refractivity contribution in [1.29, 1.82) is 0 Å². The lowest BCUT2D eigenvalue weighted by Gasteiger charge is -2.39. The molecule has 0 saturated heterocycles. The van der Waals surface area contributed by atoms with E-state index in [-0.39, 0.29) is 5.91 Å². The summed E-state index contributed by atoms with van der Waals surface area (Å²) in [5.74, 6) is 0.689. The van der Waals surface area contributed by atoms with E-state index in [1.54, 1.807) is 13.3 Å². The normalized spacial score (nSPS) is 18.3. The molecule has 160 valence electrons. The van der Waals surface area contributed by atoms with E-state index >= 15 is 0 Å². The number of nitrogens with one attached hydrogen (secondary N) is 1. The van der Waals surface area contributed by atoms with Gasteiger partial charge >= 0.3 is 0 Å². The van der Waals surface area contributed by atoms with E-state index in [9.17, 15) is 4.79 Å². The van der Waals surface area contributed by atoms with Crippen LogP contribution in [0.15, 0.2) is 47.6 Å². The molecule has 6 heteroatoms. The summed E-state index contributed by atoms with van der Waals surface area (Å²) in [6.07, 6.45) is 5.04. The molecule has 31 heavy (non-hydrogen) atoms. The Morgan fingerprint density at radius 3 is 3.03 bits per heavy atom. The number of carbonyl (C=O) groups is 1. The molecule has 0 unspecified atom stereocenters. The average Bonchev–Trinajstić information content (AvgIpc) is 3.10. The van der Waals surface area contributed by atoms with Crippen LogP contribution in [0.5, 0.6) is 5.75 Å². The van der Waals surface area contributed by atoms with Gasteiger partial charge in [0.1, 0.15) is 5.75 Å². The van der Waals surface area contributed by atoms with Crippen LogP contribution in [0.1, 0.15) is 41.3 Å². The molecule has 0 spiro atoms. The van der Waals surface area contributed by atoms with Crippen LogP contribution in [0.25, 0.3) is 10.9 Å². The summed E-state index contributed by atoms with van der Waals surface area (Å²) >= 11 is 0. The van der Waals surface area contributed by atoms with E-state index in [1.165, 1.54) is 27.7 Å². The first-order chi connectivity index (χ1) is 15.1. The highest BCUT2D eigenvalue weighted by atomic mass is 16.5. The smallest absolute Gasteiger partial charge is 0.254 e. The number of aromatic nitrogens is 1.